The highest BCUT2D eigenvalue weighted by atomic mass is 32.1. The van der Waals surface area contributed by atoms with E-state index in [4.69, 9.17) is 4.74 Å². The standard InChI is InChI=1S/C15H21NO3S/c1-14(2,3)16(13(17)18)8-11-12-10(4-7-20-12)15(5-6-15)9-19-11/h4,7,11H,5-6,8-9H2,1-3H3,(H,17,18). The fourth-order valence-electron chi connectivity index (χ4n) is 2.93. The van der Waals surface area contributed by atoms with Crippen LogP contribution in [0.5, 0.6) is 0 Å². The Labute approximate surface area is 123 Å². The molecular weight excluding hydrogens is 274 g/mol. The second-order valence-corrected chi connectivity index (χ2v) is 7.79. The number of thiophene rings is 1. The van der Waals surface area contributed by atoms with Gasteiger partial charge in [-0.25, -0.2) is 4.79 Å². The number of hydrogen-bond donors (Lipinski definition) is 1. The third kappa shape index (κ3) is 2.23. The van der Waals surface area contributed by atoms with Crippen LogP contribution in [-0.2, 0) is 10.2 Å². The summed E-state index contributed by atoms with van der Waals surface area (Å²) in [5.41, 5.74) is 1.24. The molecule has 3 rings (SSSR count). The summed E-state index contributed by atoms with van der Waals surface area (Å²) in [5, 5.41) is 11.5. The van der Waals surface area contributed by atoms with Gasteiger partial charge in [0.15, 0.2) is 0 Å². The van der Waals surface area contributed by atoms with Gasteiger partial charge in [-0.05, 0) is 50.6 Å². The van der Waals surface area contributed by atoms with Gasteiger partial charge in [-0.2, -0.15) is 0 Å². The molecule has 4 nitrogen and oxygen atoms in total. The van der Waals surface area contributed by atoms with Crippen LogP contribution >= 0.6 is 11.3 Å². The molecule has 1 N–H and O–H groups in total. The van der Waals surface area contributed by atoms with Crippen molar-refractivity contribution in [3.8, 4) is 0 Å². The molecule has 110 valence electrons. The van der Waals surface area contributed by atoms with Crippen LogP contribution < -0.4 is 0 Å². The molecule has 1 aromatic rings. The minimum absolute atomic E-state index is 0.119. The number of fused-ring (bicyclic) bond motifs is 2. The molecule has 2 aliphatic rings. The summed E-state index contributed by atoms with van der Waals surface area (Å²) in [6, 6.07) is 2.20. The molecule has 1 fully saturated rings. The Morgan fingerprint density at radius 3 is 2.80 bits per heavy atom. The summed E-state index contributed by atoms with van der Waals surface area (Å²) in [5.74, 6) is 0. The number of nitrogens with zero attached hydrogens (tertiary/aromatic N) is 1. The van der Waals surface area contributed by atoms with E-state index < -0.39 is 11.6 Å². The minimum Gasteiger partial charge on any atom is -0.465 e. The highest BCUT2D eigenvalue weighted by molar-refractivity contribution is 7.10. The molecule has 1 aliphatic carbocycles. The highest BCUT2D eigenvalue weighted by Crippen LogP contribution is 2.55. The fourth-order valence-corrected chi connectivity index (χ4v) is 3.98. The molecule has 20 heavy (non-hydrogen) atoms. The summed E-state index contributed by atoms with van der Waals surface area (Å²) in [6.07, 6.45) is 1.40. The molecule has 1 atom stereocenters. The van der Waals surface area contributed by atoms with E-state index in [1.165, 1.54) is 28.2 Å². The van der Waals surface area contributed by atoms with Gasteiger partial charge in [0.2, 0.25) is 0 Å². The van der Waals surface area contributed by atoms with Gasteiger partial charge < -0.3 is 14.7 Å². The van der Waals surface area contributed by atoms with E-state index in [1.54, 1.807) is 11.3 Å². The summed E-state index contributed by atoms with van der Waals surface area (Å²) >= 11 is 1.70. The molecule has 0 bridgehead atoms. The Morgan fingerprint density at radius 2 is 2.25 bits per heavy atom. The van der Waals surface area contributed by atoms with Crippen molar-refractivity contribution in [3.05, 3.63) is 21.9 Å². The molecule has 1 spiro atoms. The van der Waals surface area contributed by atoms with Gasteiger partial charge in [-0.1, -0.05) is 0 Å². The highest BCUT2D eigenvalue weighted by Gasteiger charge is 2.50. The van der Waals surface area contributed by atoms with Gasteiger partial charge in [0, 0.05) is 15.8 Å². The lowest BCUT2D eigenvalue weighted by Crippen LogP contribution is -2.48. The van der Waals surface area contributed by atoms with E-state index in [-0.39, 0.29) is 11.5 Å². The first-order valence-corrected chi connectivity index (χ1v) is 7.91. The first-order chi connectivity index (χ1) is 9.33. The molecular formula is C15H21NO3S. The van der Waals surface area contributed by atoms with Crippen LogP contribution in [0.2, 0.25) is 0 Å². The predicted molar refractivity (Wildman–Crippen MR) is 78.4 cm³/mol. The molecule has 1 unspecified atom stereocenters. The second-order valence-electron chi connectivity index (χ2n) is 6.84. The van der Waals surface area contributed by atoms with Crippen LogP contribution in [0.15, 0.2) is 11.4 Å². The van der Waals surface area contributed by atoms with Crippen LogP contribution in [0.25, 0.3) is 0 Å². The van der Waals surface area contributed by atoms with Crippen molar-refractivity contribution in [2.45, 2.75) is 50.7 Å². The zero-order chi connectivity index (χ0) is 14.5. The average Bonchev–Trinajstić information content (AvgIpc) is 2.92. The summed E-state index contributed by atoms with van der Waals surface area (Å²) in [4.78, 5) is 14.2. The Hall–Kier alpha value is -1.07. The number of carbonyl (C=O) groups is 1. The molecule has 1 aliphatic heterocycles. The molecule has 0 aromatic carbocycles. The zero-order valence-corrected chi connectivity index (χ0v) is 13.0. The monoisotopic (exact) mass is 295 g/mol. The molecule has 1 amide bonds. The van der Waals surface area contributed by atoms with Crippen LogP contribution in [-0.4, -0.2) is 34.8 Å². The SMILES string of the molecule is CC(C)(C)N(CC1OCC2(CC2)c2ccsc21)C(=O)O. The van der Waals surface area contributed by atoms with Gasteiger partial charge in [0.25, 0.3) is 0 Å². The lowest BCUT2D eigenvalue weighted by molar-refractivity contribution is -0.0115. The van der Waals surface area contributed by atoms with Gasteiger partial charge in [0.05, 0.1) is 13.2 Å². The van der Waals surface area contributed by atoms with Crippen molar-refractivity contribution in [1.29, 1.82) is 0 Å². The first kappa shape index (κ1) is 13.9. The van der Waals surface area contributed by atoms with E-state index in [2.05, 4.69) is 11.4 Å². The normalized spacial score (nSPS) is 23.4. The van der Waals surface area contributed by atoms with Crippen molar-refractivity contribution < 1.29 is 14.6 Å². The fraction of sp³-hybridized carbons (Fsp3) is 0.667. The third-order valence-electron chi connectivity index (χ3n) is 4.36. The number of amides is 1. The van der Waals surface area contributed by atoms with Crippen molar-refractivity contribution in [3.63, 3.8) is 0 Å². The van der Waals surface area contributed by atoms with Crippen LogP contribution in [0.1, 0.15) is 50.2 Å². The molecule has 1 aromatic heterocycles. The van der Waals surface area contributed by atoms with Crippen molar-refractivity contribution in [2.24, 2.45) is 0 Å². The van der Waals surface area contributed by atoms with Gasteiger partial charge in [-0.15, -0.1) is 11.3 Å². The van der Waals surface area contributed by atoms with Gasteiger partial charge >= 0.3 is 6.09 Å². The molecule has 0 radical (unpaired) electrons. The lowest BCUT2D eigenvalue weighted by atomic mass is 9.92. The van der Waals surface area contributed by atoms with Crippen molar-refractivity contribution in [1.82, 2.24) is 4.90 Å². The number of rotatable bonds is 2. The Kier molecular flexibility index (Phi) is 3.10. The third-order valence-corrected chi connectivity index (χ3v) is 5.37. The van der Waals surface area contributed by atoms with Gasteiger partial charge in [0.1, 0.15) is 6.10 Å². The molecule has 1 saturated carbocycles. The summed E-state index contributed by atoms with van der Waals surface area (Å²) in [7, 11) is 0. The van der Waals surface area contributed by atoms with Gasteiger partial charge in [-0.3, -0.25) is 0 Å². The molecule has 5 heteroatoms. The summed E-state index contributed by atoms with van der Waals surface area (Å²) in [6.45, 7) is 6.90. The maximum Gasteiger partial charge on any atom is 0.407 e. The van der Waals surface area contributed by atoms with E-state index in [0.717, 1.165) is 6.61 Å². The second kappa shape index (κ2) is 4.46. The Balaban J connectivity index is 1.84. The zero-order valence-electron chi connectivity index (χ0n) is 12.2. The topological polar surface area (TPSA) is 49.8 Å². The van der Waals surface area contributed by atoms with Crippen molar-refractivity contribution in [2.75, 3.05) is 13.2 Å². The van der Waals surface area contributed by atoms with Crippen LogP contribution in [0.3, 0.4) is 0 Å². The number of ether oxygens (including phenoxy) is 1. The summed E-state index contributed by atoms with van der Waals surface area (Å²) < 4.78 is 6.02. The maximum atomic E-state index is 11.5. The average molecular weight is 295 g/mol. The molecule has 0 saturated heterocycles. The van der Waals surface area contributed by atoms with Crippen molar-refractivity contribution >= 4 is 17.4 Å². The van der Waals surface area contributed by atoms with Crippen LogP contribution in [0, 0.1) is 0 Å². The van der Waals surface area contributed by atoms with E-state index in [0.29, 0.717) is 6.54 Å². The van der Waals surface area contributed by atoms with E-state index in [1.807, 2.05) is 20.8 Å². The molecule has 2 heterocycles. The quantitative estimate of drug-likeness (QED) is 0.906. The minimum atomic E-state index is -0.883. The van der Waals surface area contributed by atoms with E-state index in [9.17, 15) is 9.90 Å². The van der Waals surface area contributed by atoms with Crippen LogP contribution in [0.4, 0.5) is 4.79 Å². The predicted octanol–water partition coefficient (Wildman–Crippen LogP) is 3.63. The largest absolute Gasteiger partial charge is 0.465 e. The Morgan fingerprint density at radius 1 is 1.55 bits per heavy atom. The first-order valence-electron chi connectivity index (χ1n) is 7.03. The smallest absolute Gasteiger partial charge is 0.407 e. The lowest BCUT2D eigenvalue weighted by Gasteiger charge is -2.38. The van der Waals surface area contributed by atoms with E-state index >= 15 is 0 Å². The number of hydrogen-bond acceptors (Lipinski definition) is 3. The Bertz CT molecular complexity index is 527. The maximum absolute atomic E-state index is 11.5. The number of carboxylic acid groups (broad SMARTS) is 1.